The van der Waals surface area contributed by atoms with Crippen LogP contribution in [0.3, 0.4) is 0 Å². The molecular formula is C26H58N2O5P+. The molecule has 1 heterocycles. The zero-order valence-electron chi connectivity index (χ0n) is 23.1. The van der Waals surface area contributed by atoms with E-state index >= 15 is 0 Å². The minimum absolute atomic E-state index is 0.105. The second-order valence-corrected chi connectivity index (χ2v) is 12.2. The Morgan fingerprint density at radius 3 is 2.15 bits per heavy atom. The lowest BCUT2D eigenvalue weighted by Crippen LogP contribution is -2.37. The van der Waals surface area contributed by atoms with Crippen molar-refractivity contribution in [1.82, 2.24) is 5.32 Å². The Kier molecular flexibility index (Phi) is 21.1. The number of unbranched alkanes of at least 4 members (excludes halogenated alkanes) is 7. The smallest absolute Gasteiger partial charge is 0.367 e. The second-order valence-electron chi connectivity index (χ2n) is 10.8. The Morgan fingerprint density at radius 2 is 1.53 bits per heavy atom. The van der Waals surface area contributed by atoms with Gasteiger partial charge in [-0.2, -0.15) is 0 Å². The lowest BCUT2D eigenvalue weighted by atomic mass is 10.0. The van der Waals surface area contributed by atoms with E-state index in [0.717, 1.165) is 6.04 Å². The maximum atomic E-state index is 11.2. The summed E-state index contributed by atoms with van der Waals surface area (Å²) in [5.41, 5.74) is 0. The molecular weight excluding hydrogens is 451 g/mol. The van der Waals surface area contributed by atoms with Gasteiger partial charge in [-0.15, -0.1) is 0 Å². The van der Waals surface area contributed by atoms with Gasteiger partial charge in [0.05, 0.1) is 21.1 Å². The van der Waals surface area contributed by atoms with Crippen molar-refractivity contribution in [2.75, 3.05) is 40.8 Å². The average molecular weight is 510 g/mol. The monoisotopic (exact) mass is 509 g/mol. The predicted molar refractivity (Wildman–Crippen MR) is 143 cm³/mol. The molecule has 1 rings (SSSR count). The summed E-state index contributed by atoms with van der Waals surface area (Å²) in [6, 6.07) is 0.832. The summed E-state index contributed by atoms with van der Waals surface area (Å²) in [7, 11) is 1.70. The lowest BCUT2D eigenvalue weighted by molar-refractivity contribution is -0.870. The highest BCUT2D eigenvalue weighted by Gasteiger charge is 2.25. The van der Waals surface area contributed by atoms with Gasteiger partial charge in [-0.3, -0.25) is 9.05 Å². The number of likely N-dealkylation sites (N-methyl/N-ethyl adjacent to an activating group) is 1. The van der Waals surface area contributed by atoms with Crippen molar-refractivity contribution in [3.05, 3.63) is 0 Å². The molecule has 7 nitrogen and oxygen atoms in total. The van der Waals surface area contributed by atoms with E-state index in [0.29, 0.717) is 11.0 Å². The van der Waals surface area contributed by atoms with E-state index < -0.39 is 14.1 Å². The highest BCUT2D eigenvalue weighted by atomic mass is 31.2. The van der Waals surface area contributed by atoms with Gasteiger partial charge < -0.3 is 19.8 Å². The van der Waals surface area contributed by atoms with Gasteiger partial charge in [0.2, 0.25) is 0 Å². The molecule has 34 heavy (non-hydrogen) atoms. The Balaban J connectivity index is 0.000000661. The molecule has 0 bridgehead atoms. The summed E-state index contributed by atoms with van der Waals surface area (Å²) in [6.07, 6.45) is 20.6. The maximum absolute atomic E-state index is 11.2. The van der Waals surface area contributed by atoms with Crippen LogP contribution in [-0.2, 0) is 13.6 Å². The first kappa shape index (κ1) is 34.0. The van der Waals surface area contributed by atoms with Gasteiger partial charge in [-0.05, 0) is 32.2 Å². The summed E-state index contributed by atoms with van der Waals surface area (Å²) >= 11 is 0. The van der Waals surface area contributed by atoms with Gasteiger partial charge in [-0.1, -0.05) is 90.9 Å². The van der Waals surface area contributed by atoms with Crippen molar-refractivity contribution in [3.8, 4) is 0 Å². The average Bonchev–Trinajstić information content (AvgIpc) is 2.88. The van der Waals surface area contributed by atoms with E-state index in [-0.39, 0.29) is 13.0 Å². The molecule has 1 aliphatic rings. The van der Waals surface area contributed by atoms with E-state index in [1.54, 1.807) is 6.92 Å². The minimum atomic E-state index is -4.11. The van der Waals surface area contributed by atoms with E-state index in [2.05, 4.69) is 16.8 Å². The summed E-state index contributed by atoms with van der Waals surface area (Å²) in [6.45, 7) is 5.88. The quantitative estimate of drug-likeness (QED) is 0.0968. The predicted octanol–water partition coefficient (Wildman–Crippen LogP) is 6.38. The number of quaternary nitrogens is 1. The van der Waals surface area contributed by atoms with Crippen molar-refractivity contribution in [1.29, 1.82) is 0 Å². The zero-order chi connectivity index (χ0) is 25.7. The third-order valence-corrected chi connectivity index (χ3v) is 7.21. The van der Waals surface area contributed by atoms with Gasteiger partial charge in [-0.25, -0.2) is 4.57 Å². The molecule has 0 aromatic carbocycles. The number of aliphatic hydroxyl groups excluding tert-OH is 1. The molecule has 3 atom stereocenters. The van der Waals surface area contributed by atoms with Crippen LogP contribution in [-0.4, -0.2) is 67.7 Å². The van der Waals surface area contributed by atoms with Crippen LogP contribution in [0.25, 0.3) is 0 Å². The Hall–Kier alpha value is -0.0100. The van der Waals surface area contributed by atoms with Crippen LogP contribution in [0, 0.1) is 0 Å². The van der Waals surface area contributed by atoms with E-state index in [4.69, 9.17) is 14.5 Å². The van der Waals surface area contributed by atoms with E-state index in [9.17, 15) is 4.57 Å². The maximum Gasteiger partial charge on any atom is 0.474 e. The minimum Gasteiger partial charge on any atom is -0.367 e. The highest BCUT2D eigenvalue weighted by Crippen LogP contribution is 2.44. The fourth-order valence-electron chi connectivity index (χ4n) is 3.91. The second kappa shape index (κ2) is 21.1. The van der Waals surface area contributed by atoms with Gasteiger partial charge in [0.25, 0.3) is 0 Å². The normalized spacial score (nSPS) is 20.3. The fraction of sp³-hybridized carbons (Fsp3) is 1.00. The molecule has 1 saturated heterocycles. The Bertz CT molecular complexity index is 492. The van der Waals surface area contributed by atoms with Crippen molar-refractivity contribution in [3.63, 3.8) is 0 Å². The van der Waals surface area contributed by atoms with Crippen LogP contribution >= 0.6 is 7.82 Å². The van der Waals surface area contributed by atoms with Gasteiger partial charge in [0, 0.05) is 6.04 Å². The SMILES string of the molecule is CCC(O)OP(=O)(O)OCC[N+](C)(C)C.CCCCCCCCCCC1CCCCCCCN1. The number of hydrogen-bond donors (Lipinski definition) is 3. The number of aliphatic hydroxyl groups is 1. The molecule has 0 aromatic rings. The number of nitrogens with zero attached hydrogens (tertiary/aromatic N) is 1. The molecule has 0 saturated carbocycles. The van der Waals surface area contributed by atoms with Crippen LogP contribution in [0.2, 0.25) is 0 Å². The molecule has 0 amide bonds. The zero-order valence-corrected chi connectivity index (χ0v) is 24.0. The number of phosphoric ester groups is 1. The first-order valence-electron chi connectivity index (χ1n) is 14.0. The number of phosphoric acid groups is 1. The van der Waals surface area contributed by atoms with Crippen LogP contribution in [0.5, 0.6) is 0 Å². The number of rotatable bonds is 16. The summed E-state index contributed by atoms with van der Waals surface area (Å²) in [5, 5.41) is 12.8. The van der Waals surface area contributed by atoms with E-state index in [1.807, 2.05) is 21.1 Å². The number of nitrogens with one attached hydrogen (secondary N) is 1. The summed E-state index contributed by atoms with van der Waals surface area (Å²) in [5.74, 6) is 0. The molecule has 0 spiro atoms. The molecule has 1 fully saturated rings. The molecule has 0 aliphatic carbocycles. The fourth-order valence-corrected chi connectivity index (χ4v) is 4.74. The van der Waals surface area contributed by atoms with Crippen molar-refractivity contribution < 1.29 is 28.1 Å². The van der Waals surface area contributed by atoms with E-state index in [1.165, 1.54) is 103 Å². The van der Waals surface area contributed by atoms with Crippen LogP contribution in [0.4, 0.5) is 0 Å². The molecule has 3 N–H and O–H groups in total. The van der Waals surface area contributed by atoms with Gasteiger partial charge >= 0.3 is 7.82 Å². The Morgan fingerprint density at radius 1 is 0.941 bits per heavy atom. The van der Waals surface area contributed by atoms with Crippen LogP contribution < -0.4 is 5.32 Å². The lowest BCUT2D eigenvalue weighted by Gasteiger charge is -2.24. The molecule has 8 heteroatoms. The summed E-state index contributed by atoms with van der Waals surface area (Å²) in [4.78, 5) is 9.16. The third-order valence-electron chi connectivity index (χ3n) is 6.19. The summed E-state index contributed by atoms with van der Waals surface area (Å²) < 4.78 is 21.0. The molecule has 3 unspecified atom stereocenters. The Labute approximate surface area is 211 Å². The van der Waals surface area contributed by atoms with Crippen LogP contribution in [0.15, 0.2) is 0 Å². The largest absolute Gasteiger partial charge is 0.474 e. The van der Waals surface area contributed by atoms with Crippen molar-refractivity contribution in [2.24, 2.45) is 0 Å². The van der Waals surface area contributed by atoms with Gasteiger partial charge in [0.1, 0.15) is 13.2 Å². The molecule has 1 aliphatic heterocycles. The highest BCUT2D eigenvalue weighted by molar-refractivity contribution is 7.47. The number of hydrogen-bond acceptors (Lipinski definition) is 5. The molecule has 206 valence electrons. The standard InChI is InChI=1S/C18H37N.C8H20NO5P/c1-2-3-4-5-6-7-9-12-15-18-16-13-10-8-11-14-17-19-18;1-5-8(10)14-15(11,12)13-7-6-9(2,3)4/h18-19H,2-17H2,1H3;8,10H,5-7H2,1-4H3/p+1. The van der Waals surface area contributed by atoms with Crippen molar-refractivity contribution in [2.45, 2.75) is 129 Å². The molecule has 0 aromatic heterocycles. The third kappa shape index (κ3) is 23.7. The topological polar surface area (TPSA) is 88.0 Å². The van der Waals surface area contributed by atoms with Crippen molar-refractivity contribution >= 4 is 7.82 Å². The first-order valence-corrected chi connectivity index (χ1v) is 15.5. The van der Waals surface area contributed by atoms with Gasteiger partial charge in [0.15, 0.2) is 6.29 Å². The van der Waals surface area contributed by atoms with Crippen LogP contribution in [0.1, 0.15) is 117 Å². The first-order chi connectivity index (χ1) is 16.1. The molecule has 0 radical (unpaired) electrons.